The molecule has 0 amide bonds. The van der Waals surface area contributed by atoms with Crippen molar-refractivity contribution in [3.8, 4) is 0 Å². The molecule has 2 aromatic rings. The maximum absolute atomic E-state index is 13.3. The molecule has 0 saturated heterocycles. The van der Waals surface area contributed by atoms with Crippen molar-refractivity contribution >= 4 is 23.1 Å². The van der Waals surface area contributed by atoms with Gasteiger partial charge in [-0.15, -0.1) is 0 Å². The molecule has 0 bridgehead atoms. The van der Waals surface area contributed by atoms with Crippen LogP contribution in [0.2, 0.25) is 5.02 Å². The summed E-state index contributed by atoms with van der Waals surface area (Å²) in [5.41, 5.74) is 0.558. The molecule has 5 heteroatoms. The Hall–Kier alpha value is -1.94. The molecule has 98 valence electrons. The summed E-state index contributed by atoms with van der Waals surface area (Å²) in [5.74, 6) is -1.60. The molecule has 1 N–H and O–H groups in total. The number of halogens is 3. The average Bonchev–Trinajstić information content (AvgIpc) is 2.38. The van der Waals surface area contributed by atoms with E-state index in [1.54, 1.807) is 24.3 Å². The summed E-state index contributed by atoms with van der Waals surface area (Å²) in [7, 11) is 0. The van der Waals surface area contributed by atoms with Gasteiger partial charge in [-0.2, -0.15) is 0 Å². The molecule has 0 radical (unpaired) electrons. The molecule has 0 aliphatic rings. The van der Waals surface area contributed by atoms with Crippen LogP contribution < -0.4 is 5.32 Å². The van der Waals surface area contributed by atoms with E-state index in [1.807, 2.05) is 0 Å². The Kier molecular flexibility index (Phi) is 4.12. The van der Waals surface area contributed by atoms with Crippen molar-refractivity contribution in [3.63, 3.8) is 0 Å². The lowest BCUT2D eigenvalue weighted by Crippen LogP contribution is -2.14. The first-order chi connectivity index (χ1) is 9.06. The van der Waals surface area contributed by atoms with Gasteiger partial charge >= 0.3 is 0 Å². The van der Waals surface area contributed by atoms with Crippen LogP contribution in [0, 0.1) is 11.6 Å². The molecule has 2 aromatic carbocycles. The van der Waals surface area contributed by atoms with Crippen molar-refractivity contribution < 1.29 is 13.6 Å². The molecule has 0 fully saturated rings. The fourth-order valence-electron chi connectivity index (χ4n) is 1.55. The van der Waals surface area contributed by atoms with Gasteiger partial charge in [0, 0.05) is 16.7 Å². The Bertz CT molecular complexity index is 599. The summed E-state index contributed by atoms with van der Waals surface area (Å²) in [6.45, 7) is -0.0792. The second-order valence-corrected chi connectivity index (χ2v) is 4.34. The third kappa shape index (κ3) is 3.51. The molecule has 0 saturated carbocycles. The number of benzene rings is 2. The van der Waals surface area contributed by atoms with Crippen LogP contribution in [0.1, 0.15) is 10.4 Å². The molecule has 0 aromatic heterocycles. The number of carbonyl (C=O) groups is 1. The van der Waals surface area contributed by atoms with Crippen molar-refractivity contribution in [2.75, 3.05) is 11.9 Å². The summed E-state index contributed by atoms with van der Waals surface area (Å²) in [6.07, 6.45) is 0. The SMILES string of the molecule is O=C(CNc1ccc(F)cc1F)c1ccc(Cl)cc1. The molecular formula is C14H10ClF2NO. The maximum atomic E-state index is 13.3. The molecule has 19 heavy (non-hydrogen) atoms. The van der Waals surface area contributed by atoms with Gasteiger partial charge in [-0.25, -0.2) is 8.78 Å². The third-order valence-electron chi connectivity index (χ3n) is 2.54. The highest BCUT2D eigenvalue weighted by molar-refractivity contribution is 6.30. The standard InChI is InChI=1S/C14H10ClF2NO/c15-10-3-1-9(2-4-10)14(19)8-18-13-6-5-11(16)7-12(13)17/h1-7,18H,8H2. The highest BCUT2D eigenvalue weighted by Crippen LogP contribution is 2.15. The lowest BCUT2D eigenvalue weighted by Gasteiger charge is -2.07. The quantitative estimate of drug-likeness (QED) is 0.861. The van der Waals surface area contributed by atoms with Crippen LogP contribution in [0.3, 0.4) is 0 Å². The Balaban J connectivity index is 2.02. The van der Waals surface area contributed by atoms with Gasteiger partial charge in [0.25, 0.3) is 0 Å². The average molecular weight is 282 g/mol. The summed E-state index contributed by atoms with van der Waals surface area (Å²) in [5, 5.41) is 3.17. The van der Waals surface area contributed by atoms with Crippen LogP contribution in [0.5, 0.6) is 0 Å². The van der Waals surface area contributed by atoms with E-state index >= 15 is 0 Å². The molecule has 0 aliphatic carbocycles. The Morgan fingerprint density at radius 1 is 1.11 bits per heavy atom. The topological polar surface area (TPSA) is 29.1 Å². The first-order valence-corrected chi connectivity index (χ1v) is 5.92. The van der Waals surface area contributed by atoms with Gasteiger partial charge in [0.1, 0.15) is 11.6 Å². The Morgan fingerprint density at radius 2 is 1.79 bits per heavy atom. The van der Waals surface area contributed by atoms with E-state index in [2.05, 4.69) is 5.32 Å². The largest absolute Gasteiger partial charge is 0.375 e. The Morgan fingerprint density at radius 3 is 2.42 bits per heavy atom. The maximum Gasteiger partial charge on any atom is 0.181 e. The zero-order chi connectivity index (χ0) is 13.8. The second-order valence-electron chi connectivity index (χ2n) is 3.91. The summed E-state index contributed by atoms with van der Waals surface area (Å²) >= 11 is 5.71. The Labute approximate surface area is 114 Å². The van der Waals surface area contributed by atoms with E-state index in [1.165, 1.54) is 6.07 Å². The van der Waals surface area contributed by atoms with E-state index in [4.69, 9.17) is 11.6 Å². The van der Waals surface area contributed by atoms with E-state index in [9.17, 15) is 13.6 Å². The van der Waals surface area contributed by atoms with Gasteiger partial charge in [0.2, 0.25) is 0 Å². The predicted molar refractivity (Wildman–Crippen MR) is 70.6 cm³/mol. The van der Waals surface area contributed by atoms with Crippen molar-refractivity contribution in [2.24, 2.45) is 0 Å². The van der Waals surface area contributed by atoms with Gasteiger partial charge in [-0.3, -0.25) is 4.79 Å². The van der Waals surface area contributed by atoms with Crippen LogP contribution >= 0.6 is 11.6 Å². The monoisotopic (exact) mass is 281 g/mol. The lowest BCUT2D eigenvalue weighted by atomic mass is 10.1. The fourth-order valence-corrected chi connectivity index (χ4v) is 1.67. The third-order valence-corrected chi connectivity index (χ3v) is 2.79. The lowest BCUT2D eigenvalue weighted by molar-refractivity contribution is 0.101. The molecule has 2 nitrogen and oxygen atoms in total. The van der Waals surface area contributed by atoms with E-state index in [0.29, 0.717) is 10.6 Å². The van der Waals surface area contributed by atoms with Crippen molar-refractivity contribution in [1.29, 1.82) is 0 Å². The highest BCUT2D eigenvalue weighted by Gasteiger charge is 2.08. The van der Waals surface area contributed by atoms with Crippen molar-refractivity contribution in [2.45, 2.75) is 0 Å². The van der Waals surface area contributed by atoms with Gasteiger partial charge in [-0.1, -0.05) is 11.6 Å². The first-order valence-electron chi connectivity index (χ1n) is 5.54. The molecular weight excluding hydrogens is 272 g/mol. The zero-order valence-corrected chi connectivity index (χ0v) is 10.5. The van der Waals surface area contributed by atoms with Gasteiger partial charge in [0.05, 0.1) is 12.2 Å². The van der Waals surface area contributed by atoms with Crippen LogP contribution in [-0.2, 0) is 0 Å². The van der Waals surface area contributed by atoms with E-state index in [0.717, 1.165) is 12.1 Å². The normalized spacial score (nSPS) is 10.3. The van der Waals surface area contributed by atoms with Gasteiger partial charge < -0.3 is 5.32 Å². The number of rotatable bonds is 4. The predicted octanol–water partition coefficient (Wildman–Crippen LogP) is 3.91. The second kappa shape index (κ2) is 5.80. The minimum absolute atomic E-state index is 0.0792. The minimum Gasteiger partial charge on any atom is -0.375 e. The number of ketones is 1. The van der Waals surface area contributed by atoms with Crippen LogP contribution in [0.25, 0.3) is 0 Å². The molecule has 2 rings (SSSR count). The number of Topliss-reactive ketones (excluding diaryl/α,β-unsaturated/α-hetero) is 1. The zero-order valence-electron chi connectivity index (χ0n) is 9.79. The van der Waals surface area contributed by atoms with Crippen molar-refractivity contribution in [3.05, 3.63) is 64.7 Å². The molecule has 0 unspecified atom stereocenters. The smallest absolute Gasteiger partial charge is 0.181 e. The molecule has 0 aliphatic heterocycles. The number of nitrogens with one attached hydrogen (secondary N) is 1. The van der Waals surface area contributed by atoms with Crippen LogP contribution in [0.15, 0.2) is 42.5 Å². The number of anilines is 1. The van der Waals surface area contributed by atoms with Crippen LogP contribution in [-0.4, -0.2) is 12.3 Å². The van der Waals surface area contributed by atoms with Gasteiger partial charge in [0.15, 0.2) is 5.78 Å². The first kappa shape index (κ1) is 13.5. The molecule has 0 heterocycles. The van der Waals surface area contributed by atoms with Crippen molar-refractivity contribution in [1.82, 2.24) is 0 Å². The van der Waals surface area contributed by atoms with Crippen LogP contribution in [0.4, 0.5) is 14.5 Å². The minimum atomic E-state index is -0.732. The molecule has 0 spiro atoms. The fraction of sp³-hybridized carbons (Fsp3) is 0.0714. The molecule has 0 atom stereocenters. The highest BCUT2D eigenvalue weighted by atomic mass is 35.5. The summed E-state index contributed by atoms with van der Waals surface area (Å²) in [4.78, 5) is 11.8. The van der Waals surface area contributed by atoms with E-state index < -0.39 is 11.6 Å². The van der Waals surface area contributed by atoms with E-state index in [-0.39, 0.29) is 18.0 Å². The number of carbonyl (C=O) groups excluding carboxylic acids is 1. The van der Waals surface area contributed by atoms with Gasteiger partial charge in [-0.05, 0) is 36.4 Å². The summed E-state index contributed by atoms with van der Waals surface area (Å²) < 4.78 is 26.0. The number of hydrogen-bond donors (Lipinski definition) is 1. The number of hydrogen-bond acceptors (Lipinski definition) is 2. The summed E-state index contributed by atoms with van der Waals surface area (Å²) in [6, 6.07) is 9.52.